The monoisotopic (exact) mass is 449 g/mol. The Morgan fingerprint density at radius 3 is 2.27 bits per heavy atom. The van der Waals surface area contributed by atoms with Crippen LogP contribution in [0.3, 0.4) is 0 Å². The van der Waals surface area contributed by atoms with Gasteiger partial charge in [-0.15, -0.1) is 10.2 Å². The van der Waals surface area contributed by atoms with Crippen LogP contribution in [0.2, 0.25) is 0 Å². The predicted octanol–water partition coefficient (Wildman–Crippen LogP) is 1.70. The molecule has 3 N–H and O–H groups in total. The molecule has 1 heterocycles. The normalized spacial score (nSPS) is 12.0. The van der Waals surface area contributed by atoms with E-state index in [0.717, 1.165) is 11.1 Å². The van der Waals surface area contributed by atoms with Gasteiger partial charge in [0.05, 0.1) is 6.54 Å². The number of nitrogens with zero attached hydrogens (tertiary/aromatic N) is 4. The van der Waals surface area contributed by atoms with Gasteiger partial charge in [0.2, 0.25) is 11.7 Å². The lowest BCUT2D eigenvalue weighted by Gasteiger charge is -2.21. The highest BCUT2D eigenvalue weighted by atomic mass is 16.2. The van der Waals surface area contributed by atoms with Crippen LogP contribution in [0.4, 0.5) is 0 Å². The summed E-state index contributed by atoms with van der Waals surface area (Å²) in [5.74, 6) is -0.723. The molecular weight excluding hydrogens is 422 g/mol. The molecule has 1 atom stereocenters. The van der Waals surface area contributed by atoms with Crippen molar-refractivity contribution in [3.8, 4) is 11.4 Å². The van der Waals surface area contributed by atoms with Gasteiger partial charge in [-0.2, -0.15) is 4.80 Å². The Balaban J connectivity index is 1.51. The Morgan fingerprint density at radius 2 is 1.64 bits per heavy atom. The van der Waals surface area contributed by atoms with Crippen LogP contribution in [-0.4, -0.2) is 44.0 Å². The maximum Gasteiger partial charge on any atom is 0.269 e. The Labute approximate surface area is 191 Å². The molecule has 10 nitrogen and oxygen atoms in total. The molecule has 1 aromatic heterocycles. The van der Waals surface area contributed by atoms with E-state index >= 15 is 0 Å². The number of hydrogen-bond donors (Lipinski definition) is 3. The average Bonchev–Trinajstić information content (AvgIpc) is 3.26. The first-order valence-electron chi connectivity index (χ1n) is 10.5. The number of benzene rings is 2. The maximum atomic E-state index is 12.3. The quantitative estimate of drug-likeness (QED) is 0.491. The second-order valence-corrected chi connectivity index (χ2v) is 8.59. The largest absolute Gasteiger partial charge is 0.344 e. The standard InChI is InChI=1S/C23H27N7O3/c1-15(24-22(33)23(2,3)4)20(31)26-27-21(32)18-12-10-16(11-13-18)14-30-28-19(25-29-30)17-8-6-5-7-9-17/h5-13,15H,14H2,1-4H3,(H,24,33)(H,26,31)(H,27,32). The molecule has 10 heteroatoms. The van der Waals surface area contributed by atoms with Crippen molar-refractivity contribution < 1.29 is 14.4 Å². The lowest BCUT2D eigenvalue weighted by molar-refractivity contribution is -0.133. The highest BCUT2D eigenvalue weighted by molar-refractivity contribution is 5.96. The van der Waals surface area contributed by atoms with Crippen molar-refractivity contribution in [1.82, 2.24) is 36.4 Å². The highest BCUT2D eigenvalue weighted by Gasteiger charge is 2.25. The summed E-state index contributed by atoms with van der Waals surface area (Å²) in [7, 11) is 0. The average molecular weight is 450 g/mol. The zero-order chi connectivity index (χ0) is 24.0. The van der Waals surface area contributed by atoms with Gasteiger partial charge in [-0.25, -0.2) is 0 Å². The van der Waals surface area contributed by atoms with Crippen molar-refractivity contribution in [2.45, 2.75) is 40.3 Å². The topological polar surface area (TPSA) is 131 Å². The third-order valence-corrected chi connectivity index (χ3v) is 4.75. The van der Waals surface area contributed by atoms with E-state index in [0.29, 0.717) is 17.9 Å². The van der Waals surface area contributed by atoms with E-state index in [1.165, 1.54) is 4.80 Å². The van der Waals surface area contributed by atoms with Gasteiger partial charge in [-0.05, 0) is 29.8 Å². The molecule has 33 heavy (non-hydrogen) atoms. The summed E-state index contributed by atoms with van der Waals surface area (Å²) < 4.78 is 0. The molecule has 0 aliphatic carbocycles. The van der Waals surface area contributed by atoms with Gasteiger partial charge < -0.3 is 5.32 Å². The summed E-state index contributed by atoms with van der Waals surface area (Å²) in [6.07, 6.45) is 0. The van der Waals surface area contributed by atoms with Crippen LogP contribution in [0.5, 0.6) is 0 Å². The summed E-state index contributed by atoms with van der Waals surface area (Å²) in [6, 6.07) is 15.6. The lowest BCUT2D eigenvalue weighted by atomic mass is 9.95. The molecule has 0 saturated heterocycles. The van der Waals surface area contributed by atoms with Gasteiger partial charge in [0.25, 0.3) is 11.8 Å². The molecule has 0 fully saturated rings. The first-order valence-corrected chi connectivity index (χ1v) is 10.5. The molecule has 0 spiro atoms. The third kappa shape index (κ3) is 6.45. The summed E-state index contributed by atoms with van der Waals surface area (Å²) in [5, 5.41) is 15.1. The highest BCUT2D eigenvalue weighted by Crippen LogP contribution is 2.13. The Kier molecular flexibility index (Phi) is 7.17. The Hall–Kier alpha value is -4.08. The van der Waals surface area contributed by atoms with Crippen molar-refractivity contribution in [3.63, 3.8) is 0 Å². The molecule has 0 aliphatic rings. The number of tetrazole rings is 1. The number of hydrazine groups is 1. The number of aromatic nitrogens is 4. The summed E-state index contributed by atoms with van der Waals surface area (Å²) in [4.78, 5) is 37.9. The van der Waals surface area contributed by atoms with E-state index < -0.39 is 23.3 Å². The van der Waals surface area contributed by atoms with Crippen LogP contribution < -0.4 is 16.2 Å². The lowest BCUT2D eigenvalue weighted by Crippen LogP contribution is -2.52. The first-order chi connectivity index (χ1) is 15.6. The zero-order valence-electron chi connectivity index (χ0n) is 19.0. The molecule has 0 aliphatic heterocycles. The Bertz CT molecular complexity index is 1120. The van der Waals surface area contributed by atoms with E-state index in [-0.39, 0.29) is 5.91 Å². The Morgan fingerprint density at radius 1 is 0.970 bits per heavy atom. The van der Waals surface area contributed by atoms with Crippen LogP contribution in [-0.2, 0) is 16.1 Å². The minimum Gasteiger partial charge on any atom is -0.344 e. The number of amides is 3. The van der Waals surface area contributed by atoms with Gasteiger partial charge in [0.1, 0.15) is 6.04 Å². The maximum absolute atomic E-state index is 12.3. The molecular formula is C23H27N7O3. The molecule has 1 unspecified atom stereocenters. The van der Waals surface area contributed by atoms with Crippen molar-refractivity contribution in [1.29, 1.82) is 0 Å². The number of rotatable bonds is 6. The smallest absolute Gasteiger partial charge is 0.269 e. The minimum atomic E-state index is -0.796. The fourth-order valence-corrected chi connectivity index (χ4v) is 2.72. The zero-order valence-corrected chi connectivity index (χ0v) is 19.0. The third-order valence-electron chi connectivity index (χ3n) is 4.75. The molecule has 0 radical (unpaired) electrons. The minimum absolute atomic E-state index is 0.259. The number of carbonyl (C=O) groups is 3. The SMILES string of the molecule is CC(NC(=O)C(C)(C)C)C(=O)NNC(=O)c1ccc(Cn2nnc(-c3ccccc3)n2)cc1. The van der Waals surface area contributed by atoms with E-state index in [4.69, 9.17) is 0 Å². The number of nitrogens with one attached hydrogen (secondary N) is 3. The van der Waals surface area contributed by atoms with Crippen molar-refractivity contribution >= 4 is 17.7 Å². The van der Waals surface area contributed by atoms with E-state index in [9.17, 15) is 14.4 Å². The summed E-state index contributed by atoms with van der Waals surface area (Å²) in [6.45, 7) is 7.18. The molecule has 0 bridgehead atoms. The molecule has 2 aromatic carbocycles. The van der Waals surface area contributed by atoms with Crippen LogP contribution in [0.15, 0.2) is 54.6 Å². The van der Waals surface area contributed by atoms with Crippen LogP contribution in [0.25, 0.3) is 11.4 Å². The first kappa shape index (κ1) is 23.6. The van der Waals surface area contributed by atoms with Crippen LogP contribution >= 0.6 is 0 Å². The van der Waals surface area contributed by atoms with Gasteiger partial charge in [0.15, 0.2) is 0 Å². The van der Waals surface area contributed by atoms with Crippen LogP contribution in [0, 0.1) is 5.41 Å². The number of hydrogen-bond acceptors (Lipinski definition) is 6. The van der Waals surface area contributed by atoms with Crippen molar-refractivity contribution in [2.75, 3.05) is 0 Å². The second-order valence-electron chi connectivity index (χ2n) is 8.59. The van der Waals surface area contributed by atoms with Gasteiger partial charge in [-0.3, -0.25) is 25.2 Å². The molecule has 3 rings (SSSR count). The second kappa shape index (κ2) is 10.0. The molecule has 172 valence electrons. The predicted molar refractivity (Wildman–Crippen MR) is 121 cm³/mol. The number of carbonyl (C=O) groups excluding carboxylic acids is 3. The molecule has 3 aromatic rings. The van der Waals surface area contributed by atoms with Gasteiger partial charge in [0, 0.05) is 16.5 Å². The summed E-state index contributed by atoms with van der Waals surface area (Å²) >= 11 is 0. The molecule has 3 amide bonds. The van der Waals surface area contributed by atoms with E-state index in [1.54, 1.807) is 52.0 Å². The van der Waals surface area contributed by atoms with Crippen molar-refractivity contribution in [3.05, 3.63) is 65.7 Å². The van der Waals surface area contributed by atoms with Gasteiger partial charge >= 0.3 is 0 Å². The van der Waals surface area contributed by atoms with E-state index in [2.05, 4.69) is 31.6 Å². The van der Waals surface area contributed by atoms with Crippen LogP contribution in [0.1, 0.15) is 43.6 Å². The fraction of sp³-hybridized carbons (Fsp3) is 0.304. The fourth-order valence-electron chi connectivity index (χ4n) is 2.72. The summed E-state index contributed by atoms with van der Waals surface area (Å²) in [5.41, 5.74) is 6.18. The van der Waals surface area contributed by atoms with Gasteiger partial charge in [-0.1, -0.05) is 63.2 Å². The molecule has 0 saturated carbocycles. The van der Waals surface area contributed by atoms with Crippen molar-refractivity contribution in [2.24, 2.45) is 5.41 Å². The van der Waals surface area contributed by atoms with E-state index in [1.807, 2.05) is 30.3 Å².